The van der Waals surface area contributed by atoms with Gasteiger partial charge in [-0.05, 0) is 23.3 Å². The molecule has 0 radical (unpaired) electrons. The number of aliphatic hydroxyl groups is 1. The standard InChI is InChI=1S/C7H5ClN2.C7H6N2O.Cl2OS/c1-9-7-2-6(3-8)4-10-5-7;1-8-7-2-6(5-10)3-9-4-7;1-4(2)3/h2,4-5H,3H2;2-4,10H,5H2;. The third-order valence-electron chi connectivity index (χ3n) is 2.16. The molecule has 2 rings (SSSR count). The number of rotatable bonds is 2. The van der Waals surface area contributed by atoms with E-state index in [0.29, 0.717) is 22.8 Å². The maximum atomic E-state index is 9.09. The highest BCUT2D eigenvalue weighted by molar-refractivity contribution is 8.26. The molecule has 2 aromatic heterocycles. The summed E-state index contributed by atoms with van der Waals surface area (Å²) in [6, 6.07) is 3.34. The number of hydrogen-bond acceptors (Lipinski definition) is 4. The Morgan fingerprint density at radius 2 is 1.42 bits per heavy atom. The normalized spacial score (nSPS) is 8.79. The smallest absolute Gasteiger partial charge is 0.211 e. The Kier molecular flexibility index (Phi) is 12.7. The van der Waals surface area contributed by atoms with Crippen molar-refractivity contribution >= 4 is 53.6 Å². The molecule has 24 heavy (non-hydrogen) atoms. The molecule has 6 nitrogen and oxygen atoms in total. The minimum absolute atomic E-state index is 0.0592. The Hall–Kier alpha value is -1.74. The van der Waals surface area contributed by atoms with Gasteiger partial charge in [0.2, 0.25) is 20.6 Å². The molecule has 0 unspecified atom stereocenters. The molecule has 0 amide bonds. The Labute approximate surface area is 156 Å². The maximum Gasteiger partial charge on any atom is 0.211 e. The predicted octanol–water partition coefficient (Wildman–Crippen LogP) is 4.54. The van der Waals surface area contributed by atoms with E-state index in [0.717, 1.165) is 5.56 Å². The lowest BCUT2D eigenvalue weighted by Crippen LogP contribution is -1.82. The zero-order valence-electron chi connectivity index (χ0n) is 12.1. The second kappa shape index (κ2) is 13.7. The topological polar surface area (TPSA) is 71.8 Å². The molecule has 0 aliphatic rings. The van der Waals surface area contributed by atoms with E-state index in [-0.39, 0.29) is 6.61 Å². The molecule has 0 aromatic carbocycles. The van der Waals surface area contributed by atoms with E-state index < -0.39 is 9.23 Å². The van der Waals surface area contributed by atoms with E-state index >= 15 is 0 Å². The average molecular weight is 406 g/mol. The first-order valence-electron chi connectivity index (χ1n) is 6.00. The Morgan fingerprint density at radius 1 is 1.00 bits per heavy atom. The van der Waals surface area contributed by atoms with Crippen molar-refractivity contribution in [2.45, 2.75) is 12.5 Å². The van der Waals surface area contributed by atoms with Crippen LogP contribution in [0.1, 0.15) is 11.1 Å². The van der Waals surface area contributed by atoms with Crippen molar-refractivity contribution in [3.8, 4) is 0 Å². The third kappa shape index (κ3) is 10.9. The number of hydrogen-bond donors (Lipinski definition) is 1. The summed E-state index contributed by atoms with van der Waals surface area (Å²) in [7, 11) is 7.36. The van der Waals surface area contributed by atoms with Crippen LogP contribution in [0.15, 0.2) is 36.9 Å². The van der Waals surface area contributed by atoms with Crippen LogP contribution in [0.25, 0.3) is 9.69 Å². The maximum absolute atomic E-state index is 9.09. The highest BCUT2D eigenvalue weighted by Gasteiger charge is 1.93. The highest BCUT2D eigenvalue weighted by atomic mass is 36.0. The molecular weight excluding hydrogens is 395 g/mol. The summed E-state index contributed by atoms with van der Waals surface area (Å²) < 4.78 is 9.09. The van der Waals surface area contributed by atoms with Gasteiger partial charge in [0.1, 0.15) is 0 Å². The molecule has 0 spiro atoms. The molecule has 10 heteroatoms. The van der Waals surface area contributed by atoms with Crippen molar-refractivity contribution in [2.24, 2.45) is 0 Å². The van der Waals surface area contributed by atoms with Gasteiger partial charge in [-0.15, -0.1) is 11.6 Å². The second-order valence-electron chi connectivity index (χ2n) is 3.80. The minimum atomic E-state index is -1.67. The van der Waals surface area contributed by atoms with Gasteiger partial charge in [-0.2, -0.15) is 0 Å². The summed E-state index contributed by atoms with van der Waals surface area (Å²) in [6.45, 7) is 13.2. The number of alkyl halides is 1. The van der Waals surface area contributed by atoms with Crippen LogP contribution in [0.2, 0.25) is 0 Å². The fourth-order valence-corrected chi connectivity index (χ4v) is 1.38. The zero-order valence-corrected chi connectivity index (χ0v) is 15.1. The van der Waals surface area contributed by atoms with Crippen molar-refractivity contribution in [3.05, 3.63) is 70.9 Å². The lowest BCUT2D eigenvalue weighted by molar-refractivity contribution is 0.281. The largest absolute Gasteiger partial charge is 0.392 e. The highest BCUT2D eigenvalue weighted by Crippen LogP contribution is 2.12. The van der Waals surface area contributed by atoms with E-state index in [4.69, 9.17) is 34.1 Å². The first kappa shape index (κ1) is 22.3. The lowest BCUT2D eigenvalue weighted by Gasteiger charge is -1.92. The van der Waals surface area contributed by atoms with Crippen LogP contribution in [0.4, 0.5) is 11.4 Å². The van der Waals surface area contributed by atoms with Crippen LogP contribution in [-0.4, -0.2) is 19.3 Å². The molecule has 126 valence electrons. The van der Waals surface area contributed by atoms with Gasteiger partial charge in [-0.1, -0.05) is 0 Å². The van der Waals surface area contributed by atoms with Gasteiger partial charge >= 0.3 is 0 Å². The van der Waals surface area contributed by atoms with Gasteiger partial charge in [0, 0.05) is 52.0 Å². The average Bonchev–Trinajstić information content (AvgIpc) is 2.61. The Balaban J connectivity index is 0.000000363. The summed E-state index contributed by atoms with van der Waals surface area (Å²) in [5, 5.41) is 8.61. The van der Waals surface area contributed by atoms with Crippen molar-refractivity contribution in [2.75, 3.05) is 0 Å². The van der Waals surface area contributed by atoms with Crippen LogP contribution >= 0.6 is 33.0 Å². The van der Waals surface area contributed by atoms with Gasteiger partial charge in [-0.3, -0.25) is 9.97 Å². The van der Waals surface area contributed by atoms with Gasteiger partial charge in [0.25, 0.3) is 0 Å². The third-order valence-corrected chi connectivity index (χ3v) is 2.46. The van der Waals surface area contributed by atoms with E-state index in [1.165, 1.54) is 18.6 Å². The quantitative estimate of drug-likeness (QED) is 0.452. The van der Waals surface area contributed by atoms with Crippen molar-refractivity contribution < 1.29 is 9.32 Å². The molecule has 0 bridgehead atoms. The summed E-state index contributed by atoms with van der Waals surface area (Å²) in [5.74, 6) is 0.413. The number of aromatic nitrogens is 2. The van der Waals surface area contributed by atoms with E-state index in [9.17, 15) is 0 Å². The van der Waals surface area contributed by atoms with E-state index in [1.807, 2.05) is 0 Å². The fraction of sp³-hybridized carbons (Fsp3) is 0.143. The van der Waals surface area contributed by atoms with Gasteiger partial charge in [-0.25, -0.2) is 13.9 Å². The Morgan fingerprint density at radius 3 is 1.79 bits per heavy atom. The molecule has 0 fully saturated rings. The van der Waals surface area contributed by atoms with Crippen molar-refractivity contribution in [1.29, 1.82) is 0 Å². The van der Waals surface area contributed by atoms with Crippen LogP contribution in [0.3, 0.4) is 0 Å². The van der Waals surface area contributed by atoms with Crippen LogP contribution in [0.5, 0.6) is 0 Å². The summed E-state index contributed by atoms with van der Waals surface area (Å²) in [6.07, 6.45) is 6.17. The molecule has 0 aliphatic heterocycles. The van der Waals surface area contributed by atoms with Gasteiger partial charge in [0.05, 0.1) is 19.8 Å². The van der Waals surface area contributed by atoms with Gasteiger partial charge in [0.15, 0.2) is 0 Å². The summed E-state index contributed by atoms with van der Waals surface area (Å²) in [4.78, 5) is 13.9. The van der Waals surface area contributed by atoms with Crippen molar-refractivity contribution in [1.82, 2.24) is 9.97 Å². The predicted molar refractivity (Wildman–Crippen MR) is 96.3 cm³/mol. The number of nitrogens with zero attached hydrogens (tertiary/aromatic N) is 4. The SMILES string of the molecule is O=S(Cl)Cl.[C-]#[N+]c1cncc(CCl)c1.[C-]#[N+]c1cncc(CO)c1. The van der Waals surface area contributed by atoms with Crippen molar-refractivity contribution in [3.63, 3.8) is 0 Å². The summed E-state index contributed by atoms with van der Waals surface area (Å²) >= 11 is 5.51. The molecule has 2 aromatic rings. The number of halogens is 3. The van der Waals surface area contributed by atoms with Gasteiger partial charge < -0.3 is 5.11 Å². The molecule has 0 saturated carbocycles. The fourth-order valence-electron chi connectivity index (χ4n) is 1.23. The molecule has 1 N–H and O–H groups in total. The number of pyridine rings is 2. The van der Waals surface area contributed by atoms with E-state index in [2.05, 4.69) is 41.0 Å². The molecule has 0 aliphatic carbocycles. The first-order valence-corrected chi connectivity index (χ1v) is 9.34. The van der Waals surface area contributed by atoms with Crippen LogP contribution in [-0.2, 0) is 21.7 Å². The molecule has 2 heterocycles. The minimum Gasteiger partial charge on any atom is -0.392 e. The zero-order chi connectivity index (χ0) is 18.4. The second-order valence-corrected chi connectivity index (χ2v) is 6.59. The number of aliphatic hydroxyl groups excluding tert-OH is 1. The molecule has 0 atom stereocenters. The lowest BCUT2D eigenvalue weighted by atomic mass is 10.3. The monoisotopic (exact) mass is 404 g/mol. The van der Waals surface area contributed by atoms with Crippen LogP contribution in [0, 0.1) is 13.1 Å². The molecular formula is C14H11Cl3N4O2S. The molecule has 0 saturated heterocycles. The summed E-state index contributed by atoms with van der Waals surface area (Å²) in [5.41, 5.74) is 2.56. The van der Waals surface area contributed by atoms with E-state index in [1.54, 1.807) is 18.3 Å². The first-order chi connectivity index (χ1) is 11.5. The van der Waals surface area contributed by atoms with Crippen LogP contribution < -0.4 is 0 Å². The Bertz CT molecular complexity index is 686.